The number of benzene rings is 1. The van der Waals surface area contributed by atoms with E-state index in [0.717, 1.165) is 22.3 Å². The molecular formula is C18H19N3O3. The molecule has 2 N–H and O–H groups in total. The standard InChI is InChI=1S/C18H19N3O3/c1-12(16-10-14-5-3-4-6-15(14)24-16)21-18(22)20-11-13-7-8-19-17(9-13)23-2/h3-10,12H,11H2,1-2H3,(H2,20,21,22)/t12-/m1/s1. The van der Waals surface area contributed by atoms with Gasteiger partial charge in [-0.2, -0.15) is 0 Å². The van der Waals surface area contributed by atoms with Crippen LogP contribution in [0.4, 0.5) is 4.79 Å². The van der Waals surface area contributed by atoms with E-state index in [2.05, 4.69) is 15.6 Å². The number of carbonyl (C=O) groups excluding carboxylic acids is 1. The maximum atomic E-state index is 12.1. The Labute approximate surface area is 139 Å². The van der Waals surface area contributed by atoms with Gasteiger partial charge in [-0.25, -0.2) is 9.78 Å². The summed E-state index contributed by atoms with van der Waals surface area (Å²) in [5.74, 6) is 1.24. The number of rotatable bonds is 5. The molecule has 6 nitrogen and oxygen atoms in total. The number of nitrogens with one attached hydrogen (secondary N) is 2. The third-order valence-electron chi connectivity index (χ3n) is 3.68. The van der Waals surface area contributed by atoms with Crippen LogP contribution in [0.2, 0.25) is 0 Å². The molecule has 0 aliphatic heterocycles. The van der Waals surface area contributed by atoms with Crippen LogP contribution in [-0.2, 0) is 6.54 Å². The Kier molecular flexibility index (Phi) is 4.65. The fourth-order valence-electron chi connectivity index (χ4n) is 2.39. The number of urea groups is 1. The highest BCUT2D eigenvalue weighted by Gasteiger charge is 2.14. The molecule has 24 heavy (non-hydrogen) atoms. The minimum Gasteiger partial charge on any atom is -0.481 e. The van der Waals surface area contributed by atoms with Crippen LogP contribution in [0, 0.1) is 0 Å². The van der Waals surface area contributed by atoms with Crippen molar-refractivity contribution in [3.63, 3.8) is 0 Å². The molecule has 0 spiro atoms. The molecule has 3 aromatic rings. The fourth-order valence-corrected chi connectivity index (χ4v) is 2.39. The van der Waals surface area contributed by atoms with Gasteiger partial charge >= 0.3 is 6.03 Å². The zero-order valence-electron chi connectivity index (χ0n) is 13.6. The minimum absolute atomic E-state index is 0.232. The maximum Gasteiger partial charge on any atom is 0.315 e. The lowest BCUT2D eigenvalue weighted by atomic mass is 10.2. The van der Waals surface area contributed by atoms with Crippen molar-refractivity contribution < 1.29 is 13.9 Å². The molecular weight excluding hydrogens is 306 g/mol. The Hall–Kier alpha value is -3.02. The first-order valence-corrected chi connectivity index (χ1v) is 7.67. The van der Waals surface area contributed by atoms with E-state index < -0.39 is 0 Å². The second kappa shape index (κ2) is 7.04. The Morgan fingerprint density at radius 2 is 2.12 bits per heavy atom. The number of nitrogens with zero attached hydrogens (tertiary/aromatic N) is 1. The van der Waals surface area contributed by atoms with Crippen LogP contribution < -0.4 is 15.4 Å². The van der Waals surface area contributed by atoms with Crippen molar-refractivity contribution in [3.05, 3.63) is 60.0 Å². The molecule has 0 saturated heterocycles. The first kappa shape index (κ1) is 15.9. The first-order chi connectivity index (χ1) is 11.7. The summed E-state index contributed by atoms with van der Waals surface area (Å²) >= 11 is 0. The van der Waals surface area contributed by atoms with E-state index in [1.54, 1.807) is 19.4 Å². The van der Waals surface area contributed by atoms with Crippen molar-refractivity contribution in [2.45, 2.75) is 19.5 Å². The molecule has 0 fully saturated rings. The predicted molar refractivity (Wildman–Crippen MR) is 90.8 cm³/mol. The summed E-state index contributed by atoms with van der Waals surface area (Å²) in [4.78, 5) is 16.1. The molecule has 0 saturated carbocycles. The average Bonchev–Trinajstić information content (AvgIpc) is 3.04. The molecule has 0 radical (unpaired) electrons. The van der Waals surface area contributed by atoms with E-state index in [1.807, 2.05) is 43.3 Å². The van der Waals surface area contributed by atoms with Gasteiger partial charge in [0.05, 0.1) is 13.2 Å². The summed E-state index contributed by atoms with van der Waals surface area (Å²) in [7, 11) is 1.56. The summed E-state index contributed by atoms with van der Waals surface area (Å²) < 4.78 is 10.8. The molecule has 0 aliphatic rings. The molecule has 2 amide bonds. The number of aromatic nitrogens is 1. The summed E-state index contributed by atoms with van der Waals surface area (Å²) in [6, 6.07) is 12.8. The van der Waals surface area contributed by atoms with E-state index >= 15 is 0 Å². The van der Waals surface area contributed by atoms with Gasteiger partial charge in [-0.3, -0.25) is 0 Å². The highest BCUT2D eigenvalue weighted by atomic mass is 16.5. The smallest absolute Gasteiger partial charge is 0.315 e. The van der Waals surface area contributed by atoms with Crippen molar-refractivity contribution in [2.75, 3.05) is 7.11 Å². The normalized spacial score (nSPS) is 11.9. The highest BCUT2D eigenvalue weighted by molar-refractivity contribution is 5.78. The predicted octanol–water partition coefficient (Wildman–Crippen LogP) is 3.40. The van der Waals surface area contributed by atoms with Crippen LogP contribution in [0.5, 0.6) is 5.88 Å². The number of hydrogen-bond acceptors (Lipinski definition) is 4. The van der Waals surface area contributed by atoms with Gasteiger partial charge in [0, 0.05) is 24.2 Å². The summed E-state index contributed by atoms with van der Waals surface area (Å²) in [6.07, 6.45) is 1.64. The Bertz CT molecular complexity index is 811. The van der Waals surface area contributed by atoms with Gasteiger partial charge in [-0.05, 0) is 30.7 Å². The van der Waals surface area contributed by atoms with Crippen LogP contribution in [0.1, 0.15) is 24.3 Å². The molecule has 0 bridgehead atoms. The number of methoxy groups -OCH3 is 1. The molecule has 0 unspecified atom stereocenters. The van der Waals surface area contributed by atoms with E-state index in [0.29, 0.717) is 12.4 Å². The number of ether oxygens (including phenoxy) is 1. The SMILES string of the molecule is COc1cc(CNC(=O)N[C@H](C)c2cc3ccccc3o2)ccn1. The van der Waals surface area contributed by atoms with Crippen LogP contribution in [-0.4, -0.2) is 18.1 Å². The number of furan rings is 1. The lowest BCUT2D eigenvalue weighted by Gasteiger charge is -2.12. The number of para-hydroxylation sites is 1. The fraction of sp³-hybridized carbons (Fsp3) is 0.222. The van der Waals surface area contributed by atoms with Gasteiger partial charge in [0.2, 0.25) is 5.88 Å². The topological polar surface area (TPSA) is 76.4 Å². The number of pyridine rings is 1. The molecule has 124 valence electrons. The third-order valence-corrected chi connectivity index (χ3v) is 3.68. The molecule has 0 aliphatic carbocycles. The van der Waals surface area contributed by atoms with Crippen LogP contribution in [0.25, 0.3) is 11.0 Å². The molecule has 1 aromatic carbocycles. The Morgan fingerprint density at radius 3 is 2.92 bits per heavy atom. The van der Waals surface area contributed by atoms with Crippen molar-refractivity contribution in [2.24, 2.45) is 0 Å². The minimum atomic E-state index is -0.265. The number of hydrogen-bond donors (Lipinski definition) is 2. The lowest BCUT2D eigenvalue weighted by molar-refractivity contribution is 0.236. The third kappa shape index (κ3) is 3.65. The van der Waals surface area contributed by atoms with Gasteiger partial charge in [-0.1, -0.05) is 18.2 Å². The van der Waals surface area contributed by atoms with Gasteiger partial charge in [-0.15, -0.1) is 0 Å². The maximum absolute atomic E-state index is 12.1. The highest BCUT2D eigenvalue weighted by Crippen LogP contribution is 2.23. The van der Waals surface area contributed by atoms with Gasteiger partial charge in [0.25, 0.3) is 0 Å². The zero-order valence-corrected chi connectivity index (χ0v) is 13.6. The van der Waals surface area contributed by atoms with E-state index in [9.17, 15) is 4.79 Å². The quantitative estimate of drug-likeness (QED) is 0.754. The molecule has 2 heterocycles. The Morgan fingerprint density at radius 1 is 1.29 bits per heavy atom. The van der Waals surface area contributed by atoms with Gasteiger partial charge in [0.15, 0.2) is 0 Å². The lowest BCUT2D eigenvalue weighted by Crippen LogP contribution is -2.36. The van der Waals surface area contributed by atoms with E-state index in [4.69, 9.17) is 9.15 Å². The van der Waals surface area contributed by atoms with Crippen molar-refractivity contribution in [1.29, 1.82) is 0 Å². The molecule has 3 rings (SSSR count). The van der Waals surface area contributed by atoms with Crippen LogP contribution >= 0.6 is 0 Å². The second-order valence-electron chi connectivity index (χ2n) is 5.44. The second-order valence-corrected chi connectivity index (χ2v) is 5.44. The number of amides is 2. The Balaban J connectivity index is 1.57. The van der Waals surface area contributed by atoms with Crippen molar-refractivity contribution in [1.82, 2.24) is 15.6 Å². The average molecular weight is 325 g/mol. The van der Waals surface area contributed by atoms with E-state index in [1.165, 1.54) is 0 Å². The van der Waals surface area contributed by atoms with Crippen molar-refractivity contribution >= 4 is 17.0 Å². The van der Waals surface area contributed by atoms with E-state index in [-0.39, 0.29) is 12.1 Å². The van der Waals surface area contributed by atoms with Crippen molar-refractivity contribution in [3.8, 4) is 5.88 Å². The zero-order chi connectivity index (χ0) is 16.9. The summed E-state index contributed by atoms with van der Waals surface area (Å²) in [5, 5.41) is 6.69. The van der Waals surface area contributed by atoms with Gasteiger partial charge in [0.1, 0.15) is 11.3 Å². The molecule has 2 aromatic heterocycles. The van der Waals surface area contributed by atoms with Crippen LogP contribution in [0.3, 0.4) is 0 Å². The number of carbonyl (C=O) groups is 1. The molecule has 6 heteroatoms. The monoisotopic (exact) mass is 325 g/mol. The first-order valence-electron chi connectivity index (χ1n) is 7.67. The van der Waals surface area contributed by atoms with Crippen LogP contribution in [0.15, 0.2) is 53.1 Å². The molecule has 1 atom stereocenters. The van der Waals surface area contributed by atoms with Gasteiger partial charge < -0.3 is 19.8 Å². The number of fused-ring (bicyclic) bond motifs is 1. The largest absolute Gasteiger partial charge is 0.481 e. The summed E-state index contributed by atoms with van der Waals surface area (Å²) in [5.41, 5.74) is 1.72. The summed E-state index contributed by atoms with van der Waals surface area (Å²) in [6.45, 7) is 2.27.